The monoisotopic (exact) mass is 264 g/mol. The third-order valence-electron chi connectivity index (χ3n) is 2.25. The average molecular weight is 264 g/mol. The van der Waals surface area contributed by atoms with Crippen LogP contribution in [-0.2, 0) is 0 Å². The molecule has 0 unspecified atom stereocenters. The Bertz CT molecular complexity index is 449. The molecule has 1 aromatic heterocycles. The Morgan fingerprint density at radius 3 is 2.47 bits per heavy atom. The minimum absolute atomic E-state index is 0.175. The van der Waals surface area contributed by atoms with Crippen LogP contribution in [0.15, 0.2) is 6.07 Å². The van der Waals surface area contributed by atoms with Gasteiger partial charge in [0.15, 0.2) is 0 Å². The number of amides is 1. The van der Waals surface area contributed by atoms with Gasteiger partial charge in [0.25, 0.3) is 5.91 Å². The molecule has 5 nitrogen and oxygen atoms in total. The molecular formula is C14H24N4O. The van der Waals surface area contributed by atoms with E-state index in [2.05, 4.69) is 34.4 Å². The second-order valence-corrected chi connectivity index (χ2v) is 6.16. The van der Waals surface area contributed by atoms with E-state index in [4.69, 9.17) is 0 Å². The predicted octanol–water partition coefficient (Wildman–Crippen LogP) is 2.38. The third kappa shape index (κ3) is 5.68. The Hall–Kier alpha value is -1.65. The van der Waals surface area contributed by atoms with E-state index in [-0.39, 0.29) is 11.4 Å². The number of hydrogen-bond donors (Lipinski definition) is 2. The maximum absolute atomic E-state index is 12.1. The van der Waals surface area contributed by atoms with E-state index in [0.29, 0.717) is 23.3 Å². The van der Waals surface area contributed by atoms with Gasteiger partial charge in [0.2, 0.25) is 0 Å². The molecule has 0 saturated carbocycles. The van der Waals surface area contributed by atoms with Gasteiger partial charge in [-0.15, -0.1) is 0 Å². The van der Waals surface area contributed by atoms with E-state index in [1.54, 1.807) is 13.0 Å². The fourth-order valence-electron chi connectivity index (χ4n) is 1.49. The number of aryl methyl sites for hydroxylation is 1. The van der Waals surface area contributed by atoms with Gasteiger partial charge >= 0.3 is 0 Å². The van der Waals surface area contributed by atoms with Crippen LogP contribution in [0.3, 0.4) is 0 Å². The summed E-state index contributed by atoms with van der Waals surface area (Å²) in [4.78, 5) is 20.5. The van der Waals surface area contributed by atoms with Crippen LogP contribution < -0.4 is 10.6 Å². The van der Waals surface area contributed by atoms with Gasteiger partial charge < -0.3 is 10.6 Å². The molecule has 0 fully saturated rings. The Kier molecular flexibility index (Phi) is 4.86. The van der Waals surface area contributed by atoms with E-state index in [9.17, 15) is 4.79 Å². The van der Waals surface area contributed by atoms with Gasteiger partial charge in [0.1, 0.15) is 17.3 Å². The predicted molar refractivity (Wildman–Crippen MR) is 77.3 cm³/mol. The summed E-state index contributed by atoms with van der Waals surface area (Å²) in [6.45, 7) is 12.7. The Morgan fingerprint density at radius 2 is 1.95 bits per heavy atom. The highest BCUT2D eigenvalue weighted by Crippen LogP contribution is 2.09. The zero-order chi connectivity index (χ0) is 14.6. The van der Waals surface area contributed by atoms with Gasteiger partial charge in [-0.3, -0.25) is 4.79 Å². The lowest BCUT2D eigenvalue weighted by Crippen LogP contribution is -2.41. The Balaban J connectivity index is 2.87. The number of carbonyl (C=O) groups is 1. The molecule has 0 atom stereocenters. The second-order valence-electron chi connectivity index (χ2n) is 6.16. The summed E-state index contributed by atoms with van der Waals surface area (Å²) < 4.78 is 0. The zero-order valence-corrected chi connectivity index (χ0v) is 12.7. The fraction of sp³-hybridized carbons (Fsp3) is 0.643. The van der Waals surface area contributed by atoms with Crippen molar-refractivity contribution in [1.29, 1.82) is 0 Å². The highest BCUT2D eigenvalue weighted by atomic mass is 16.2. The van der Waals surface area contributed by atoms with Crippen LogP contribution in [0.2, 0.25) is 0 Å². The SMILES string of the molecule is Cc1nc(NCC(C)C)cc(C(=O)NC(C)(C)C)n1. The molecule has 5 heteroatoms. The van der Waals surface area contributed by atoms with Crippen LogP contribution in [-0.4, -0.2) is 28.0 Å². The van der Waals surface area contributed by atoms with Crippen LogP contribution in [0.1, 0.15) is 50.9 Å². The van der Waals surface area contributed by atoms with Crippen molar-refractivity contribution in [3.05, 3.63) is 17.6 Å². The molecule has 0 aliphatic heterocycles. The van der Waals surface area contributed by atoms with E-state index >= 15 is 0 Å². The van der Waals surface area contributed by atoms with E-state index in [0.717, 1.165) is 6.54 Å². The Labute approximate surface area is 115 Å². The van der Waals surface area contributed by atoms with Crippen LogP contribution in [0, 0.1) is 12.8 Å². The summed E-state index contributed by atoms with van der Waals surface area (Å²) in [5.74, 6) is 1.63. The van der Waals surface area contributed by atoms with Gasteiger partial charge in [-0.1, -0.05) is 13.8 Å². The molecule has 0 radical (unpaired) electrons. The second kappa shape index (κ2) is 5.99. The van der Waals surface area contributed by atoms with Gasteiger partial charge in [0, 0.05) is 18.2 Å². The van der Waals surface area contributed by atoms with Gasteiger partial charge in [0.05, 0.1) is 0 Å². The average Bonchev–Trinajstić information content (AvgIpc) is 2.23. The van der Waals surface area contributed by atoms with E-state index in [1.165, 1.54) is 0 Å². The lowest BCUT2D eigenvalue weighted by atomic mass is 10.1. The summed E-state index contributed by atoms with van der Waals surface area (Å²) in [6.07, 6.45) is 0. The smallest absolute Gasteiger partial charge is 0.270 e. The molecule has 0 aliphatic carbocycles. The van der Waals surface area contributed by atoms with Crippen molar-refractivity contribution < 1.29 is 4.79 Å². The van der Waals surface area contributed by atoms with Crippen molar-refractivity contribution in [2.24, 2.45) is 5.92 Å². The molecule has 0 bridgehead atoms. The summed E-state index contributed by atoms with van der Waals surface area (Å²) in [7, 11) is 0. The van der Waals surface area contributed by atoms with Crippen LogP contribution in [0.25, 0.3) is 0 Å². The number of carbonyl (C=O) groups excluding carboxylic acids is 1. The largest absolute Gasteiger partial charge is 0.370 e. The van der Waals surface area contributed by atoms with Crippen molar-refractivity contribution in [2.75, 3.05) is 11.9 Å². The third-order valence-corrected chi connectivity index (χ3v) is 2.25. The molecule has 2 N–H and O–H groups in total. The quantitative estimate of drug-likeness (QED) is 0.876. The van der Waals surface area contributed by atoms with Crippen molar-refractivity contribution in [1.82, 2.24) is 15.3 Å². The normalized spacial score (nSPS) is 11.5. The van der Waals surface area contributed by atoms with Gasteiger partial charge in [-0.05, 0) is 33.6 Å². The number of nitrogens with one attached hydrogen (secondary N) is 2. The molecule has 106 valence electrons. The maximum Gasteiger partial charge on any atom is 0.270 e. The highest BCUT2D eigenvalue weighted by molar-refractivity contribution is 5.93. The number of hydrogen-bond acceptors (Lipinski definition) is 4. The number of anilines is 1. The fourth-order valence-corrected chi connectivity index (χ4v) is 1.49. The summed E-state index contributed by atoms with van der Waals surface area (Å²) in [5, 5.41) is 6.11. The first kappa shape index (κ1) is 15.4. The number of nitrogens with zero attached hydrogens (tertiary/aromatic N) is 2. The molecule has 1 amide bonds. The molecule has 0 aliphatic rings. The van der Waals surface area contributed by atoms with Gasteiger partial charge in [-0.2, -0.15) is 0 Å². The molecule has 0 saturated heterocycles. The first-order valence-corrected chi connectivity index (χ1v) is 6.59. The van der Waals surface area contributed by atoms with Crippen LogP contribution in [0.5, 0.6) is 0 Å². The topological polar surface area (TPSA) is 66.9 Å². The lowest BCUT2D eigenvalue weighted by molar-refractivity contribution is 0.0914. The zero-order valence-electron chi connectivity index (χ0n) is 12.7. The summed E-state index contributed by atoms with van der Waals surface area (Å²) >= 11 is 0. The number of rotatable bonds is 4. The van der Waals surface area contributed by atoms with Crippen molar-refractivity contribution in [3.8, 4) is 0 Å². The summed E-state index contributed by atoms with van der Waals surface area (Å²) in [6, 6.07) is 1.69. The summed E-state index contributed by atoms with van der Waals surface area (Å²) in [5.41, 5.74) is 0.121. The lowest BCUT2D eigenvalue weighted by Gasteiger charge is -2.20. The van der Waals surface area contributed by atoms with Gasteiger partial charge in [-0.25, -0.2) is 9.97 Å². The first-order valence-electron chi connectivity index (χ1n) is 6.59. The van der Waals surface area contributed by atoms with Crippen molar-refractivity contribution in [2.45, 2.75) is 47.1 Å². The van der Waals surface area contributed by atoms with E-state index < -0.39 is 0 Å². The standard InChI is InChI=1S/C14H24N4O/c1-9(2)8-15-12-7-11(16-10(3)17-12)13(19)18-14(4,5)6/h7,9H,8H2,1-6H3,(H,18,19)(H,15,16,17). The first-order chi connectivity index (χ1) is 8.67. The van der Waals surface area contributed by atoms with Crippen molar-refractivity contribution >= 4 is 11.7 Å². The molecular weight excluding hydrogens is 240 g/mol. The molecule has 19 heavy (non-hydrogen) atoms. The van der Waals surface area contributed by atoms with Crippen molar-refractivity contribution in [3.63, 3.8) is 0 Å². The molecule has 1 rings (SSSR count). The molecule has 0 aromatic carbocycles. The number of aromatic nitrogens is 2. The van der Waals surface area contributed by atoms with Crippen LogP contribution >= 0.6 is 0 Å². The molecule has 1 heterocycles. The minimum Gasteiger partial charge on any atom is -0.370 e. The van der Waals surface area contributed by atoms with Crippen LogP contribution in [0.4, 0.5) is 5.82 Å². The Morgan fingerprint density at radius 1 is 1.32 bits per heavy atom. The van der Waals surface area contributed by atoms with E-state index in [1.807, 2.05) is 20.8 Å². The highest BCUT2D eigenvalue weighted by Gasteiger charge is 2.17. The maximum atomic E-state index is 12.1. The minimum atomic E-state index is -0.276. The molecule has 1 aromatic rings. The molecule has 0 spiro atoms.